The third-order valence-electron chi connectivity index (χ3n) is 2.01. The molecule has 0 aromatic carbocycles. The Bertz CT molecular complexity index is 399. The van der Waals surface area contributed by atoms with Crippen molar-refractivity contribution in [3.8, 4) is 0 Å². The Hall–Kier alpha value is -1.96. The molecule has 1 aromatic rings. The van der Waals surface area contributed by atoms with Crippen LogP contribution < -0.4 is 11.3 Å². The molecular formula is C7H11N5O3. The molecule has 0 saturated carbocycles. The van der Waals surface area contributed by atoms with Crippen molar-refractivity contribution in [2.24, 2.45) is 5.84 Å². The average molecular weight is 213 g/mol. The molecule has 0 aliphatic heterocycles. The molecule has 0 saturated heterocycles. The van der Waals surface area contributed by atoms with Crippen LogP contribution in [0.5, 0.6) is 0 Å². The number of carbonyl (C=O) groups excluding carboxylic acids is 1. The molecule has 8 nitrogen and oxygen atoms in total. The third-order valence-corrected chi connectivity index (χ3v) is 2.01. The molecule has 1 amide bonds. The fraction of sp³-hybridized carbons (Fsp3) is 0.429. The van der Waals surface area contributed by atoms with E-state index >= 15 is 0 Å². The summed E-state index contributed by atoms with van der Waals surface area (Å²) < 4.78 is 1.20. The van der Waals surface area contributed by atoms with E-state index in [1.54, 1.807) is 6.92 Å². The highest BCUT2D eigenvalue weighted by Gasteiger charge is 2.21. The molecule has 1 aromatic heterocycles. The number of hydrogen-bond acceptors (Lipinski definition) is 5. The van der Waals surface area contributed by atoms with E-state index in [0.29, 0.717) is 0 Å². The largest absolute Gasteiger partial charge is 0.309 e. The maximum Gasteiger partial charge on any atom is 0.309 e. The van der Waals surface area contributed by atoms with Gasteiger partial charge in [-0.1, -0.05) is 0 Å². The molecule has 0 aliphatic carbocycles. The summed E-state index contributed by atoms with van der Waals surface area (Å²) in [7, 11) is 0. The molecule has 1 atom stereocenters. The summed E-state index contributed by atoms with van der Waals surface area (Å²) >= 11 is 0. The standard InChI is InChI=1S/C7H11N5O3/c1-4-6(12(14)15)3-11(10-4)5(2)7(13)9-8/h3,5H,8H2,1-2H3,(H,9,13). The highest BCUT2D eigenvalue weighted by atomic mass is 16.6. The number of nitrogens with two attached hydrogens (primary N) is 1. The number of hydrogen-bond donors (Lipinski definition) is 2. The van der Waals surface area contributed by atoms with Gasteiger partial charge in [-0.2, -0.15) is 5.10 Å². The van der Waals surface area contributed by atoms with Crippen molar-refractivity contribution in [3.63, 3.8) is 0 Å². The number of carbonyl (C=O) groups is 1. The van der Waals surface area contributed by atoms with E-state index < -0.39 is 16.9 Å². The first-order chi connectivity index (χ1) is 6.97. The predicted molar refractivity (Wildman–Crippen MR) is 50.7 cm³/mol. The fourth-order valence-electron chi connectivity index (χ4n) is 1.09. The number of nitro groups is 1. The molecule has 3 N–H and O–H groups in total. The van der Waals surface area contributed by atoms with Crippen molar-refractivity contribution in [1.29, 1.82) is 0 Å². The highest BCUT2D eigenvalue weighted by Crippen LogP contribution is 2.17. The molecular weight excluding hydrogens is 202 g/mol. The molecule has 8 heteroatoms. The molecule has 1 rings (SSSR count). The van der Waals surface area contributed by atoms with Crippen molar-refractivity contribution < 1.29 is 9.72 Å². The molecule has 1 heterocycles. The van der Waals surface area contributed by atoms with Gasteiger partial charge < -0.3 is 0 Å². The Balaban J connectivity index is 3.02. The lowest BCUT2D eigenvalue weighted by atomic mass is 10.3. The number of aromatic nitrogens is 2. The maximum absolute atomic E-state index is 11.1. The summed E-state index contributed by atoms with van der Waals surface area (Å²) in [5.74, 6) is 4.48. The Kier molecular flexibility index (Phi) is 3.00. The van der Waals surface area contributed by atoms with Crippen LogP contribution >= 0.6 is 0 Å². The van der Waals surface area contributed by atoms with E-state index in [1.165, 1.54) is 17.8 Å². The second kappa shape index (κ2) is 4.05. The minimum absolute atomic E-state index is 0.119. The van der Waals surface area contributed by atoms with E-state index in [1.807, 2.05) is 5.43 Å². The maximum atomic E-state index is 11.1. The first-order valence-corrected chi connectivity index (χ1v) is 4.18. The van der Waals surface area contributed by atoms with Crippen LogP contribution in [0.4, 0.5) is 5.69 Å². The Morgan fingerprint density at radius 3 is 2.80 bits per heavy atom. The van der Waals surface area contributed by atoms with E-state index in [-0.39, 0.29) is 11.4 Å². The normalized spacial score (nSPS) is 12.2. The molecule has 0 radical (unpaired) electrons. The van der Waals surface area contributed by atoms with Gasteiger partial charge in [0.15, 0.2) is 0 Å². The summed E-state index contributed by atoms with van der Waals surface area (Å²) in [6, 6.07) is -0.678. The van der Waals surface area contributed by atoms with Gasteiger partial charge in [0.25, 0.3) is 5.91 Å². The molecule has 1 unspecified atom stereocenters. The number of nitrogens with zero attached hydrogens (tertiary/aromatic N) is 3. The van der Waals surface area contributed by atoms with Crippen LogP contribution in [0.15, 0.2) is 6.20 Å². The van der Waals surface area contributed by atoms with Crippen molar-refractivity contribution in [2.75, 3.05) is 0 Å². The molecule has 0 aliphatic rings. The second-order valence-corrected chi connectivity index (χ2v) is 3.02. The number of rotatable bonds is 3. The van der Waals surface area contributed by atoms with Crippen LogP contribution in [-0.4, -0.2) is 20.6 Å². The molecule has 0 spiro atoms. The zero-order valence-corrected chi connectivity index (χ0v) is 8.30. The van der Waals surface area contributed by atoms with Gasteiger partial charge in [0.05, 0.1) is 4.92 Å². The Morgan fingerprint density at radius 1 is 1.80 bits per heavy atom. The van der Waals surface area contributed by atoms with Gasteiger partial charge in [0.1, 0.15) is 17.9 Å². The number of amides is 1. The lowest BCUT2D eigenvalue weighted by Gasteiger charge is -2.08. The van der Waals surface area contributed by atoms with Gasteiger partial charge in [0, 0.05) is 0 Å². The van der Waals surface area contributed by atoms with Crippen molar-refractivity contribution >= 4 is 11.6 Å². The van der Waals surface area contributed by atoms with E-state index in [9.17, 15) is 14.9 Å². The van der Waals surface area contributed by atoms with Crippen LogP contribution in [0.2, 0.25) is 0 Å². The van der Waals surface area contributed by atoms with Crippen LogP contribution in [-0.2, 0) is 4.79 Å². The monoisotopic (exact) mass is 213 g/mol. The molecule has 0 bridgehead atoms. The van der Waals surface area contributed by atoms with Crippen LogP contribution in [0.3, 0.4) is 0 Å². The smallest absolute Gasteiger partial charge is 0.292 e. The number of hydrazine groups is 1. The summed E-state index contributed by atoms with van der Waals surface area (Å²) in [5.41, 5.74) is 2.09. The fourth-order valence-corrected chi connectivity index (χ4v) is 1.09. The SMILES string of the molecule is Cc1nn(C(C)C(=O)NN)cc1[N+](=O)[O-]. The lowest BCUT2D eigenvalue weighted by molar-refractivity contribution is -0.385. The van der Waals surface area contributed by atoms with Gasteiger partial charge in [-0.05, 0) is 13.8 Å². The Labute approximate surface area is 85.2 Å². The summed E-state index contributed by atoms with van der Waals surface area (Å²) in [6.45, 7) is 3.04. The minimum atomic E-state index is -0.678. The van der Waals surface area contributed by atoms with E-state index in [4.69, 9.17) is 5.84 Å². The van der Waals surface area contributed by atoms with Crippen molar-refractivity contribution in [3.05, 3.63) is 22.0 Å². The van der Waals surface area contributed by atoms with Gasteiger partial charge in [-0.25, -0.2) is 5.84 Å². The van der Waals surface area contributed by atoms with Gasteiger partial charge in [-0.3, -0.25) is 25.0 Å². The van der Waals surface area contributed by atoms with E-state index in [0.717, 1.165) is 0 Å². The van der Waals surface area contributed by atoms with Crippen LogP contribution in [0, 0.1) is 17.0 Å². The molecule has 0 fully saturated rings. The average Bonchev–Trinajstić information content (AvgIpc) is 2.58. The number of aryl methyl sites for hydroxylation is 1. The van der Waals surface area contributed by atoms with Crippen LogP contribution in [0.25, 0.3) is 0 Å². The Morgan fingerprint density at radius 2 is 2.40 bits per heavy atom. The minimum Gasteiger partial charge on any atom is -0.292 e. The van der Waals surface area contributed by atoms with Gasteiger partial charge >= 0.3 is 5.69 Å². The third kappa shape index (κ3) is 2.10. The summed E-state index contributed by atoms with van der Waals surface area (Å²) in [5, 5.41) is 14.4. The van der Waals surface area contributed by atoms with E-state index in [2.05, 4.69) is 5.10 Å². The highest BCUT2D eigenvalue weighted by molar-refractivity contribution is 5.79. The lowest BCUT2D eigenvalue weighted by Crippen LogP contribution is -2.36. The zero-order valence-electron chi connectivity index (χ0n) is 8.30. The molecule has 15 heavy (non-hydrogen) atoms. The van der Waals surface area contributed by atoms with Crippen molar-refractivity contribution in [2.45, 2.75) is 19.9 Å². The quantitative estimate of drug-likeness (QED) is 0.308. The van der Waals surface area contributed by atoms with Gasteiger partial charge in [-0.15, -0.1) is 0 Å². The molecule has 82 valence electrons. The topological polar surface area (TPSA) is 116 Å². The summed E-state index contributed by atoms with van der Waals surface area (Å²) in [6.07, 6.45) is 1.20. The van der Waals surface area contributed by atoms with Crippen molar-refractivity contribution in [1.82, 2.24) is 15.2 Å². The first-order valence-electron chi connectivity index (χ1n) is 4.18. The zero-order chi connectivity index (χ0) is 11.6. The summed E-state index contributed by atoms with van der Waals surface area (Å²) in [4.78, 5) is 21.1. The first kappa shape index (κ1) is 11.1. The second-order valence-electron chi connectivity index (χ2n) is 3.02. The van der Waals surface area contributed by atoms with Crippen LogP contribution in [0.1, 0.15) is 18.7 Å². The van der Waals surface area contributed by atoms with Gasteiger partial charge in [0.2, 0.25) is 0 Å². The number of nitrogens with one attached hydrogen (secondary N) is 1. The predicted octanol–water partition coefficient (Wildman–Crippen LogP) is -0.349.